The molecule has 1 aromatic heterocycles. The van der Waals surface area contributed by atoms with E-state index in [0.717, 1.165) is 10.4 Å². The van der Waals surface area contributed by atoms with Crippen molar-refractivity contribution in [1.29, 1.82) is 0 Å². The van der Waals surface area contributed by atoms with Gasteiger partial charge in [-0.15, -0.1) is 0 Å². The molecular weight excluding hydrogens is 642 g/mol. The fraction of sp³-hybridized carbons (Fsp3) is 0.219. The predicted molar refractivity (Wildman–Crippen MR) is 169 cm³/mol. The van der Waals surface area contributed by atoms with Crippen LogP contribution in [0, 0.1) is 5.82 Å². The normalized spacial score (nSPS) is 18.2. The monoisotopic (exact) mass is 668 g/mol. The van der Waals surface area contributed by atoms with Crippen LogP contribution in [-0.2, 0) is 14.8 Å². The molecule has 3 heterocycles. The van der Waals surface area contributed by atoms with Gasteiger partial charge in [-0.05, 0) is 59.7 Å². The summed E-state index contributed by atoms with van der Waals surface area (Å²) in [5.74, 6) is -1.63. The fourth-order valence-electron chi connectivity index (χ4n) is 5.96. The highest BCUT2D eigenvalue weighted by Gasteiger charge is 2.48. The average Bonchev–Trinajstić information content (AvgIpc) is 3.39. The van der Waals surface area contributed by atoms with E-state index >= 15 is 4.39 Å². The molecule has 2 aliphatic heterocycles. The van der Waals surface area contributed by atoms with Crippen molar-refractivity contribution in [3.8, 4) is 0 Å². The molecule has 232 valence electrons. The van der Waals surface area contributed by atoms with Crippen LogP contribution < -0.4 is 9.86 Å². The van der Waals surface area contributed by atoms with Crippen molar-refractivity contribution in [2.45, 2.75) is 23.9 Å². The van der Waals surface area contributed by atoms with Gasteiger partial charge < -0.3 is 9.80 Å². The lowest BCUT2D eigenvalue weighted by Crippen LogP contribution is -2.51. The Morgan fingerprint density at radius 2 is 1.29 bits per heavy atom. The van der Waals surface area contributed by atoms with Gasteiger partial charge in [0.05, 0.1) is 12.1 Å². The Morgan fingerprint density at radius 1 is 0.756 bits per heavy atom. The number of amides is 2. The first-order valence-corrected chi connectivity index (χ1v) is 16.3. The van der Waals surface area contributed by atoms with Gasteiger partial charge in [0, 0.05) is 43.1 Å². The number of sulfonamides is 1. The molecule has 0 N–H and O–H groups in total. The number of carbonyl (C=O) groups excluding carboxylic acids is 2. The molecule has 0 saturated carbocycles. The second kappa shape index (κ2) is 12.0. The van der Waals surface area contributed by atoms with Crippen LogP contribution in [0.15, 0.2) is 94.6 Å². The number of piperazine rings is 1. The molecular formula is C32H27Cl2FN4O5S. The molecule has 2 aliphatic rings. The van der Waals surface area contributed by atoms with Gasteiger partial charge in [-0.1, -0.05) is 59.6 Å². The number of carbonyl (C=O) groups is 2. The number of hydrogen-bond donors (Lipinski definition) is 0. The van der Waals surface area contributed by atoms with Crippen molar-refractivity contribution in [3.05, 3.63) is 128 Å². The smallest absolute Gasteiger partial charge is 0.269 e. The van der Waals surface area contributed by atoms with Crippen molar-refractivity contribution >= 4 is 50.9 Å². The second-order valence-corrected chi connectivity index (χ2v) is 13.5. The summed E-state index contributed by atoms with van der Waals surface area (Å²) < 4.78 is 46.2. The van der Waals surface area contributed by atoms with Crippen LogP contribution in [0.1, 0.15) is 40.5 Å². The second-order valence-electron chi connectivity index (χ2n) is 10.8. The summed E-state index contributed by atoms with van der Waals surface area (Å²) in [6, 6.07) is 18.8. The summed E-state index contributed by atoms with van der Waals surface area (Å²) in [6.07, 6.45) is 0. The van der Waals surface area contributed by atoms with Crippen LogP contribution in [0.25, 0.3) is 0 Å². The number of pyridine rings is 1. The molecule has 0 bridgehead atoms. The maximum atomic E-state index is 15.1. The number of nitrogens with zero attached hydrogens (tertiary/aromatic N) is 4. The highest BCUT2D eigenvalue weighted by Crippen LogP contribution is 2.49. The van der Waals surface area contributed by atoms with E-state index in [0.29, 0.717) is 34.3 Å². The number of aromatic nitrogens is 1. The molecule has 2 amide bonds. The van der Waals surface area contributed by atoms with E-state index in [-0.39, 0.29) is 30.4 Å². The van der Waals surface area contributed by atoms with E-state index in [1.165, 1.54) is 46.7 Å². The third-order valence-corrected chi connectivity index (χ3v) is 10.5. The SMILES string of the molecule is CC(=O)N1CCN(C(=O)c2ccc3n(c2=O)C(c2ccc(Cl)cc2)C(c2ccc(Cl)cc2)N3S(=O)(=O)c2ccccc2F)CC1. The Kier molecular flexibility index (Phi) is 8.19. The van der Waals surface area contributed by atoms with Crippen LogP contribution in [0.4, 0.5) is 10.2 Å². The van der Waals surface area contributed by atoms with Gasteiger partial charge >= 0.3 is 0 Å². The Morgan fingerprint density at radius 3 is 1.84 bits per heavy atom. The highest BCUT2D eigenvalue weighted by atomic mass is 35.5. The summed E-state index contributed by atoms with van der Waals surface area (Å²) in [5.41, 5.74) is 0.148. The van der Waals surface area contributed by atoms with E-state index in [1.54, 1.807) is 53.4 Å². The Balaban J connectivity index is 1.57. The van der Waals surface area contributed by atoms with Crippen molar-refractivity contribution in [2.24, 2.45) is 0 Å². The molecule has 1 saturated heterocycles. The van der Waals surface area contributed by atoms with E-state index in [1.807, 2.05) is 0 Å². The molecule has 2 atom stereocenters. The molecule has 0 aliphatic carbocycles. The maximum Gasteiger partial charge on any atom is 0.269 e. The zero-order valence-corrected chi connectivity index (χ0v) is 26.3. The average molecular weight is 670 g/mol. The van der Waals surface area contributed by atoms with Gasteiger partial charge in [0.25, 0.3) is 21.5 Å². The number of benzene rings is 3. The molecule has 3 aromatic carbocycles. The number of halogens is 3. The summed E-state index contributed by atoms with van der Waals surface area (Å²) in [7, 11) is -4.62. The van der Waals surface area contributed by atoms with Crippen molar-refractivity contribution in [2.75, 3.05) is 30.5 Å². The van der Waals surface area contributed by atoms with Crippen LogP contribution in [0.5, 0.6) is 0 Å². The lowest BCUT2D eigenvalue weighted by atomic mass is 9.94. The van der Waals surface area contributed by atoms with Gasteiger partial charge in [0.1, 0.15) is 22.1 Å². The van der Waals surface area contributed by atoms with Gasteiger partial charge in [-0.2, -0.15) is 0 Å². The topological polar surface area (TPSA) is 100 Å². The summed E-state index contributed by atoms with van der Waals surface area (Å²) >= 11 is 12.4. The van der Waals surface area contributed by atoms with Gasteiger partial charge in [-0.3, -0.25) is 19.0 Å². The molecule has 9 nitrogen and oxygen atoms in total. The van der Waals surface area contributed by atoms with Crippen LogP contribution >= 0.6 is 23.2 Å². The minimum absolute atomic E-state index is 0.0406. The van der Waals surface area contributed by atoms with E-state index in [9.17, 15) is 22.8 Å². The van der Waals surface area contributed by atoms with Crippen molar-refractivity contribution in [3.63, 3.8) is 0 Å². The van der Waals surface area contributed by atoms with Gasteiger partial charge in [0.2, 0.25) is 5.91 Å². The molecule has 1 fully saturated rings. The number of anilines is 1. The number of fused-ring (bicyclic) bond motifs is 1. The third kappa shape index (κ3) is 5.49. The first-order chi connectivity index (χ1) is 21.5. The molecule has 0 spiro atoms. The maximum absolute atomic E-state index is 15.1. The minimum Gasteiger partial charge on any atom is -0.339 e. The predicted octanol–water partition coefficient (Wildman–Crippen LogP) is 5.14. The Hall–Kier alpha value is -4.19. The molecule has 13 heteroatoms. The van der Waals surface area contributed by atoms with Crippen LogP contribution in [-0.4, -0.2) is 60.8 Å². The Labute approximate surface area is 269 Å². The van der Waals surface area contributed by atoms with Gasteiger partial charge in [-0.25, -0.2) is 17.1 Å². The zero-order chi connectivity index (χ0) is 32.0. The molecule has 2 unspecified atom stereocenters. The van der Waals surface area contributed by atoms with Crippen LogP contribution in [0.3, 0.4) is 0 Å². The van der Waals surface area contributed by atoms with E-state index in [4.69, 9.17) is 23.2 Å². The summed E-state index contributed by atoms with van der Waals surface area (Å²) in [6.45, 7) is 2.59. The number of rotatable bonds is 5. The molecule has 45 heavy (non-hydrogen) atoms. The van der Waals surface area contributed by atoms with Crippen molar-refractivity contribution < 1.29 is 22.4 Å². The van der Waals surface area contributed by atoms with E-state index < -0.39 is 44.3 Å². The standard InChI is InChI=1S/C32H27Cl2FN4O5S/c1-20(40)36-16-18-37(19-17-36)31(41)25-14-15-28-38(32(25)42)29(21-6-10-23(33)11-7-21)30(22-8-12-24(34)13-9-22)39(28)45(43,44)27-5-3-2-4-26(27)35/h2-15,29-30H,16-19H2,1H3. The largest absolute Gasteiger partial charge is 0.339 e. The van der Waals surface area contributed by atoms with E-state index in [2.05, 4.69) is 0 Å². The number of hydrogen-bond acceptors (Lipinski definition) is 5. The fourth-order valence-corrected chi connectivity index (χ4v) is 7.92. The molecule has 0 radical (unpaired) electrons. The third-order valence-electron chi connectivity index (χ3n) is 8.19. The van der Waals surface area contributed by atoms with Crippen LogP contribution in [0.2, 0.25) is 10.0 Å². The zero-order valence-electron chi connectivity index (χ0n) is 23.9. The summed E-state index contributed by atoms with van der Waals surface area (Å²) in [5, 5.41) is 0.840. The minimum atomic E-state index is -4.62. The first-order valence-electron chi connectivity index (χ1n) is 14.1. The lowest BCUT2D eigenvalue weighted by molar-refractivity contribution is -0.130. The Bertz CT molecular complexity index is 1960. The van der Waals surface area contributed by atoms with Crippen molar-refractivity contribution in [1.82, 2.24) is 14.4 Å². The molecule has 6 rings (SSSR count). The lowest BCUT2D eigenvalue weighted by Gasteiger charge is -2.34. The van der Waals surface area contributed by atoms with Gasteiger partial charge in [0.15, 0.2) is 0 Å². The first kappa shape index (κ1) is 30.8. The summed E-state index contributed by atoms with van der Waals surface area (Å²) in [4.78, 5) is 42.5. The molecule has 4 aromatic rings. The quantitative estimate of drug-likeness (QED) is 0.293. The highest BCUT2D eigenvalue weighted by molar-refractivity contribution is 7.92.